The average Bonchev–Trinajstić information content (AvgIpc) is 3.16. The standard InChI is InChI=1S/C18H12Cl2N2S/c19-14-3-1-2-13(9-14)18-16(8-12-6-7-23-11-12)22-10-15(20)4-5-17(22)21-18/h1-7,9-11H,8H2. The van der Waals surface area contributed by atoms with Gasteiger partial charge in [-0.05, 0) is 46.7 Å². The molecule has 4 rings (SSSR count). The second-order valence-electron chi connectivity index (χ2n) is 5.30. The maximum atomic E-state index is 6.19. The van der Waals surface area contributed by atoms with Crippen LogP contribution in [0.1, 0.15) is 11.3 Å². The Labute approximate surface area is 147 Å². The van der Waals surface area contributed by atoms with Crippen LogP contribution in [0.2, 0.25) is 10.0 Å². The number of pyridine rings is 1. The summed E-state index contributed by atoms with van der Waals surface area (Å²) in [5.74, 6) is 0. The molecule has 0 aliphatic carbocycles. The fraction of sp³-hybridized carbons (Fsp3) is 0.0556. The number of hydrogen-bond acceptors (Lipinski definition) is 2. The first-order valence-electron chi connectivity index (χ1n) is 7.14. The summed E-state index contributed by atoms with van der Waals surface area (Å²) >= 11 is 14.0. The van der Waals surface area contributed by atoms with E-state index in [2.05, 4.69) is 21.2 Å². The van der Waals surface area contributed by atoms with E-state index in [-0.39, 0.29) is 0 Å². The van der Waals surface area contributed by atoms with Gasteiger partial charge >= 0.3 is 0 Å². The Morgan fingerprint density at radius 1 is 1.04 bits per heavy atom. The summed E-state index contributed by atoms with van der Waals surface area (Å²) in [6.45, 7) is 0. The van der Waals surface area contributed by atoms with Gasteiger partial charge in [-0.2, -0.15) is 11.3 Å². The molecule has 4 aromatic rings. The molecule has 0 bridgehead atoms. The molecule has 0 saturated heterocycles. The fourth-order valence-corrected chi connectivity index (χ4v) is 3.71. The van der Waals surface area contributed by atoms with E-state index in [4.69, 9.17) is 28.2 Å². The minimum absolute atomic E-state index is 0.694. The van der Waals surface area contributed by atoms with Crippen LogP contribution in [-0.2, 0) is 6.42 Å². The maximum Gasteiger partial charge on any atom is 0.137 e. The van der Waals surface area contributed by atoms with E-state index >= 15 is 0 Å². The van der Waals surface area contributed by atoms with Crippen molar-refractivity contribution in [2.24, 2.45) is 0 Å². The smallest absolute Gasteiger partial charge is 0.137 e. The third kappa shape index (κ3) is 2.88. The number of fused-ring (bicyclic) bond motifs is 1. The molecule has 1 aromatic carbocycles. The molecule has 3 aromatic heterocycles. The SMILES string of the molecule is Clc1cccc(-c2nc3ccc(Cl)cn3c2Cc2ccsc2)c1. The molecular weight excluding hydrogens is 347 g/mol. The van der Waals surface area contributed by atoms with E-state index in [0.29, 0.717) is 10.0 Å². The highest BCUT2D eigenvalue weighted by molar-refractivity contribution is 7.07. The molecule has 0 aliphatic heterocycles. The molecular formula is C18H12Cl2N2S. The van der Waals surface area contributed by atoms with Gasteiger partial charge < -0.3 is 4.40 Å². The molecule has 0 fully saturated rings. The third-order valence-electron chi connectivity index (χ3n) is 3.73. The summed E-state index contributed by atoms with van der Waals surface area (Å²) in [4.78, 5) is 4.79. The molecule has 0 amide bonds. The Morgan fingerprint density at radius 2 is 1.96 bits per heavy atom. The van der Waals surface area contributed by atoms with E-state index in [9.17, 15) is 0 Å². The largest absolute Gasteiger partial charge is 0.302 e. The normalized spacial score (nSPS) is 11.2. The van der Waals surface area contributed by atoms with Crippen molar-refractivity contribution in [3.63, 3.8) is 0 Å². The molecule has 0 radical (unpaired) electrons. The van der Waals surface area contributed by atoms with Crippen molar-refractivity contribution in [1.82, 2.24) is 9.38 Å². The number of benzene rings is 1. The molecule has 0 spiro atoms. The molecule has 0 atom stereocenters. The number of hydrogen-bond donors (Lipinski definition) is 0. The predicted molar refractivity (Wildman–Crippen MR) is 97.8 cm³/mol. The lowest BCUT2D eigenvalue weighted by molar-refractivity contribution is 1.03. The van der Waals surface area contributed by atoms with Crippen molar-refractivity contribution in [3.05, 3.63) is 80.7 Å². The summed E-state index contributed by atoms with van der Waals surface area (Å²) in [6, 6.07) is 13.7. The van der Waals surface area contributed by atoms with Crippen molar-refractivity contribution >= 4 is 40.2 Å². The van der Waals surface area contributed by atoms with Crippen molar-refractivity contribution in [1.29, 1.82) is 0 Å². The summed E-state index contributed by atoms with van der Waals surface area (Å²) in [5.41, 5.74) is 5.22. The van der Waals surface area contributed by atoms with Crippen LogP contribution in [0.3, 0.4) is 0 Å². The van der Waals surface area contributed by atoms with Gasteiger partial charge in [0, 0.05) is 23.2 Å². The number of halogens is 2. The van der Waals surface area contributed by atoms with Crippen molar-refractivity contribution in [3.8, 4) is 11.3 Å². The van der Waals surface area contributed by atoms with Crippen molar-refractivity contribution in [2.45, 2.75) is 6.42 Å². The molecule has 0 N–H and O–H groups in total. The Hall–Kier alpha value is -1.81. The first-order chi connectivity index (χ1) is 11.2. The Morgan fingerprint density at radius 3 is 2.74 bits per heavy atom. The topological polar surface area (TPSA) is 17.3 Å². The predicted octanol–water partition coefficient (Wildman–Crippen LogP) is 5.96. The molecule has 0 unspecified atom stereocenters. The number of imidazole rings is 1. The first-order valence-corrected chi connectivity index (χ1v) is 8.84. The summed E-state index contributed by atoms with van der Waals surface area (Å²) in [6.07, 6.45) is 2.71. The molecule has 2 nitrogen and oxygen atoms in total. The lowest BCUT2D eigenvalue weighted by Gasteiger charge is -2.05. The second kappa shape index (κ2) is 6.00. The zero-order chi connectivity index (χ0) is 15.8. The van der Waals surface area contributed by atoms with Crippen LogP contribution in [-0.4, -0.2) is 9.38 Å². The highest BCUT2D eigenvalue weighted by atomic mass is 35.5. The molecule has 114 valence electrons. The van der Waals surface area contributed by atoms with Crippen molar-refractivity contribution in [2.75, 3.05) is 0 Å². The number of rotatable bonds is 3. The Kier molecular flexibility index (Phi) is 3.85. The Bertz CT molecular complexity index is 974. The van der Waals surface area contributed by atoms with E-state index in [1.165, 1.54) is 5.56 Å². The van der Waals surface area contributed by atoms with Crippen LogP contribution in [0.15, 0.2) is 59.4 Å². The van der Waals surface area contributed by atoms with Gasteiger partial charge in [0.1, 0.15) is 5.65 Å². The summed E-state index contributed by atoms with van der Waals surface area (Å²) in [7, 11) is 0. The Balaban J connectivity index is 1.95. The number of aromatic nitrogens is 2. The molecule has 0 aliphatic rings. The number of nitrogens with zero attached hydrogens (tertiary/aromatic N) is 2. The van der Waals surface area contributed by atoms with E-state index < -0.39 is 0 Å². The van der Waals surface area contributed by atoms with E-state index in [1.807, 2.05) is 42.6 Å². The monoisotopic (exact) mass is 358 g/mol. The van der Waals surface area contributed by atoms with Gasteiger partial charge in [0.25, 0.3) is 0 Å². The van der Waals surface area contributed by atoms with Gasteiger partial charge in [-0.15, -0.1) is 0 Å². The second-order valence-corrected chi connectivity index (χ2v) is 6.95. The van der Waals surface area contributed by atoms with Crippen LogP contribution < -0.4 is 0 Å². The van der Waals surface area contributed by atoms with Gasteiger partial charge in [-0.1, -0.05) is 35.3 Å². The summed E-state index contributed by atoms with van der Waals surface area (Å²) < 4.78 is 2.07. The number of thiophene rings is 1. The maximum absolute atomic E-state index is 6.19. The molecule has 5 heteroatoms. The zero-order valence-electron chi connectivity index (χ0n) is 12.0. The fourth-order valence-electron chi connectivity index (χ4n) is 2.69. The molecule has 23 heavy (non-hydrogen) atoms. The lowest BCUT2D eigenvalue weighted by atomic mass is 10.1. The molecule has 3 heterocycles. The average molecular weight is 359 g/mol. The minimum Gasteiger partial charge on any atom is -0.302 e. The van der Waals surface area contributed by atoms with Crippen LogP contribution in [0, 0.1) is 0 Å². The van der Waals surface area contributed by atoms with E-state index in [1.54, 1.807) is 11.3 Å². The van der Waals surface area contributed by atoms with Gasteiger partial charge in [0.05, 0.1) is 16.4 Å². The zero-order valence-corrected chi connectivity index (χ0v) is 14.4. The van der Waals surface area contributed by atoms with Gasteiger partial charge in [0.2, 0.25) is 0 Å². The van der Waals surface area contributed by atoms with Gasteiger partial charge in [-0.25, -0.2) is 4.98 Å². The van der Waals surface area contributed by atoms with Gasteiger partial charge in [0.15, 0.2) is 0 Å². The first kappa shape index (κ1) is 14.8. The third-order valence-corrected chi connectivity index (χ3v) is 4.92. The van der Waals surface area contributed by atoms with Crippen LogP contribution >= 0.6 is 34.5 Å². The van der Waals surface area contributed by atoms with Crippen molar-refractivity contribution < 1.29 is 0 Å². The highest BCUT2D eigenvalue weighted by Gasteiger charge is 2.15. The van der Waals surface area contributed by atoms with Crippen LogP contribution in [0.5, 0.6) is 0 Å². The quantitative estimate of drug-likeness (QED) is 0.441. The van der Waals surface area contributed by atoms with Crippen LogP contribution in [0.4, 0.5) is 0 Å². The molecule has 0 saturated carbocycles. The van der Waals surface area contributed by atoms with Gasteiger partial charge in [-0.3, -0.25) is 0 Å². The van der Waals surface area contributed by atoms with Crippen LogP contribution in [0.25, 0.3) is 16.9 Å². The minimum atomic E-state index is 0.694. The highest BCUT2D eigenvalue weighted by Crippen LogP contribution is 2.29. The summed E-state index contributed by atoms with van der Waals surface area (Å²) in [5, 5.41) is 5.65. The lowest BCUT2D eigenvalue weighted by Crippen LogP contribution is -1.95. The van der Waals surface area contributed by atoms with E-state index in [0.717, 1.165) is 29.0 Å².